The minimum absolute atomic E-state index is 0.191. The van der Waals surface area contributed by atoms with Gasteiger partial charge < -0.3 is 9.47 Å². The van der Waals surface area contributed by atoms with Crippen molar-refractivity contribution in [2.45, 2.75) is 62.4 Å². The average Bonchev–Trinajstić information content (AvgIpc) is 3.04. The Morgan fingerprint density at radius 3 is 2.67 bits per heavy atom. The zero-order chi connectivity index (χ0) is 19.4. The van der Waals surface area contributed by atoms with Crippen molar-refractivity contribution in [2.24, 2.45) is 7.05 Å². The molecule has 1 heterocycles. The van der Waals surface area contributed by atoms with Crippen LogP contribution in [0.5, 0.6) is 0 Å². The molecule has 0 radical (unpaired) electrons. The second-order valence-corrected chi connectivity index (χ2v) is 8.74. The van der Waals surface area contributed by atoms with E-state index >= 15 is 0 Å². The Bertz CT molecular complexity index is 788. The van der Waals surface area contributed by atoms with Gasteiger partial charge in [0.05, 0.1) is 10.3 Å². The molecule has 1 aliphatic rings. The summed E-state index contributed by atoms with van der Waals surface area (Å²) in [6.45, 7) is 4.79. The van der Waals surface area contributed by atoms with E-state index in [9.17, 15) is 4.79 Å². The van der Waals surface area contributed by atoms with Gasteiger partial charge in [0.1, 0.15) is 0 Å². The second-order valence-electron chi connectivity index (χ2n) is 7.02. The fourth-order valence-corrected chi connectivity index (χ4v) is 4.83. The highest BCUT2D eigenvalue weighted by Gasteiger charge is 2.29. The van der Waals surface area contributed by atoms with Gasteiger partial charge in [0.2, 0.25) is 5.91 Å². The van der Waals surface area contributed by atoms with E-state index in [1.807, 2.05) is 42.8 Å². The van der Waals surface area contributed by atoms with Crippen LogP contribution in [-0.2, 0) is 11.8 Å². The lowest BCUT2D eigenvalue weighted by molar-refractivity contribution is -0.133. The lowest BCUT2D eigenvalue weighted by Gasteiger charge is -2.35. The van der Waals surface area contributed by atoms with Gasteiger partial charge in [0, 0.05) is 25.2 Å². The van der Waals surface area contributed by atoms with Crippen LogP contribution in [0, 0.1) is 0 Å². The third kappa shape index (κ3) is 4.49. The second kappa shape index (κ2) is 9.11. The molecule has 5 nitrogen and oxygen atoms in total. The molecule has 1 aromatic carbocycles. The number of aromatic nitrogens is 3. The van der Waals surface area contributed by atoms with E-state index in [1.54, 1.807) is 0 Å². The quantitative estimate of drug-likeness (QED) is 0.646. The fourth-order valence-electron chi connectivity index (χ4n) is 3.72. The van der Waals surface area contributed by atoms with E-state index in [0.29, 0.717) is 16.9 Å². The van der Waals surface area contributed by atoms with Gasteiger partial charge in [-0.3, -0.25) is 4.79 Å². The normalized spacial score (nSPS) is 16.3. The van der Waals surface area contributed by atoms with Crippen molar-refractivity contribution < 1.29 is 4.79 Å². The van der Waals surface area contributed by atoms with Crippen LogP contribution in [0.2, 0.25) is 5.02 Å². The lowest BCUT2D eigenvalue weighted by atomic mass is 9.94. The van der Waals surface area contributed by atoms with Crippen LogP contribution in [-0.4, -0.2) is 43.4 Å². The topological polar surface area (TPSA) is 51.0 Å². The van der Waals surface area contributed by atoms with Gasteiger partial charge in [0.15, 0.2) is 11.0 Å². The maximum absolute atomic E-state index is 13.0. The highest BCUT2D eigenvalue weighted by molar-refractivity contribution is 8.00. The molecule has 0 aliphatic heterocycles. The fraction of sp³-hybridized carbons (Fsp3) is 0.550. The third-order valence-electron chi connectivity index (χ3n) is 5.22. The Balaban J connectivity index is 1.73. The van der Waals surface area contributed by atoms with Crippen molar-refractivity contribution in [3.05, 3.63) is 29.3 Å². The molecule has 1 saturated carbocycles. The molecular formula is C20H27ClN4OS. The summed E-state index contributed by atoms with van der Waals surface area (Å²) in [5.74, 6) is 0.902. The smallest absolute Gasteiger partial charge is 0.236 e. The van der Waals surface area contributed by atoms with Crippen LogP contribution >= 0.6 is 23.4 Å². The number of nitrogens with zero attached hydrogens (tertiary/aromatic N) is 4. The molecule has 0 bridgehead atoms. The van der Waals surface area contributed by atoms with E-state index in [2.05, 4.69) is 22.0 Å². The van der Waals surface area contributed by atoms with Gasteiger partial charge in [-0.1, -0.05) is 54.8 Å². The molecular weight excluding hydrogens is 380 g/mol. The predicted molar refractivity (Wildman–Crippen MR) is 111 cm³/mol. The first-order valence-electron chi connectivity index (χ1n) is 9.64. The molecule has 1 amide bonds. The zero-order valence-corrected chi connectivity index (χ0v) is 17.8. The molecule has 1 fully saturated rings. The SMILES string of the molecule is CCN(C(=O)[C@H](C)Sc1nnc(-c2ccccc2Cl)n1C)C1CCCCC1. The van der Waals surface area contributed by atoms with Gasteiger partial charge in [-0.15, -0.1) is 10.2 Å². The average molecular weight is 407 g/mol. The molecule has 7 heteroatoms. The van der Waals surface area contributed by atoms with Crippen molar-refractivity contribution in [1.82, 2.24) is 19.7 Å². The summed E-state index contributed by atoms with van der Waals surface area (Å²) >= 11 is 7.76. The molecule has 1 atom stereocenters. The van der Waals surface area contributed by atoms with E-state index in [-0.39, 0.29) is 11.2 Å². The molecule has 0 spiro atoms. The third-order valence-corrected chi connectivity index (χ3v) is 6.67. The van der Waals surface area contributed by atoms with Crippen molar-refractivity contribution in [1.29, 1.82) is 0 Å². The molecule has 146 valence electrons. The summed E-state index contributed by atoms with van der Waals surface area (Å²) in [4.78, 5) is 15.1. The summed E-state index contributed by atoms with van der Waals surface area (Å²) in [5, 5.41) is 9.77. The number of benzene rings is 1. The Morgan fingerprint density at radius 2 is 2.00 bits per heavy atom. The Morgan fingerprint density at radius 1 is 1.30 bits per heavy atom. The van der Waals surface area contributed by atoms with Crippen LogP contribution in [0.4, 0.5) is 0 Å². The largest absolute Gasteiger partial charge is 0.339 e. The Labute approximate surface area is 170 Å². The van der Waals surface area contributed by atoms with Gasteiger partial charge in [-0.25, -0.2) is 0 Å². The van der Waals surface area contributed by atoms with E-state index in [0.717, 1.165) is 30.1 Å². The number of amides is 1. The standard InChI is InChI=1S/C20H27ClN4OS/c1-4-25(15-10-6-5-7-11-15)19(26)14(2)27-20-23-22-18(24(20)3)16-12-8-9-13-17(16)21/h8-9,12-15H,4-7,10-11H2,1-3H3/t14-/m0/s1. The molecule has 0 unspecified atom stereocenters. The maximum atomic E-state index is 13.0. The van der Waals surface area contributed by atoms with Gasteiger partial charge in [-0.2, -0.15) is 0 Å². The predicted octanol–water partition coefficient (Wildman–Crippen LogP) is 4.80. The van der Waals surface area contributed by atoms with Crippen LogP contribution in [0.15, 0.2) is 29.4 Å². The number of hydrogen-bond donors (Lipinski definition) is 0. The first-order chi connectivity index (χ1) is 13.0. The summed E-state index contributed by atoms with van der Waals surface area (Å²) in [6, 6.07) is 7.98. The summed E-state index contributed by atoms with van der Waals surface area (Å²) in [7, 11) is 1.91. The molecule has 3 rings (SSSR count). The number of thioether (sulfide) groups is 1. The summed E-state index contributed by atoms with van der Waals surface area (Å²) in [5.41, 5.74) is 0.845. The lowest BCUT2D eigenvalue weighted by Crippen LogP contribution is -2.44. The summed E-state index contributed by atoms with van der Waals surface area (Å²) < 4.78 is 1.91. The van der Waals surface area contributed by atoms with Crippen LogP contribution < -0.4 is 0 Å². The minimum Gasteiger partial charge on any atom is -0.339 e. The monoisotopic (exact) mass is 406 g/mol. The van der Waals surface area contributed by atoms with Crippen molar-refractivity contribution in [2.75, 3.05) is 6.54 Å². The first kappa shape index (κ1) is 20.2. The van der Waals surface area contributed by atoms with Crippen molar-refractivity contribution >= 4 is 29.3 Å². The molecule has 0 saturated heterocycles. The molecule has 1 aromatic heterocycles. The first-order valence-corrected chi connectivity index (χ1v) is 10.9. The number of carbonyl (C=O) groups excluding carboxylic acids is 1. The number of hydrogen-bond acceptors (Lipinski definition) is 4. The van der Waals surface area contributed by atoms with Crippen LogP contribution in [0.3, 0.4) is 0 Å². The van der Waals surface area contributed by atoms with Crippen molar-refractivity contribution in [3.63, 3.8) is 0 Å². The van der Waals surface area contributed by atoms with Gasteiger partial charge in [-0.05, 0) is 38.8 Å². The van der Waals surface area contributed by atoms with Gasteiger partial charge >= 0.3 is 0 Å². The van der Waals surface area contributed by atoms with Crippen LogP contribution in [0.1, 0.15) is 46.0 Å². The highest BCUT2D eigenvalue weighted by atomic mass is 35.5. The number of carbonyl (C=O) groups is 1. The number of halogens is 1. The minimum atomic E-state index is -0.200. The Kier molecular flexibility index (Phi) is 6.82. The van der Waals surface area contributed by atoms with Gasteiger partial charge in [0.25, 0.3) is 0 Å². The molecule has 2 aromatic rings. The molecule has 1 aliphatic carbocycles. The van der Waals surface area contributed by atoms with E-state index in [1.165, 1.54) is 31.0 Å². The Hall–Kier alpha value is -1.53. The molecule has 27 heavy (non-hydrogen) atoms. The van der Waals surface area contributed by atoms with Crippen molar-refractivity contribution in [3.8, 4) is 11.4 Å². The molecule has 0 N–H and O–H groups in total. The van der Waals surface area contributed by atoms with E-state index in [4.69, 9.17) is 11.6 Å². The number of rotatable bonds is 6. The zero-order valence-electron chi connectivity index (χ0n) is 16.2. The van der Waals surface area contributed by atoms with Crippen LogP contribution in [0.25, 0.3) is 11.4 Å². The maximum Gasteiger partial charge on any atom is 0.236 e. The summed E-state index contributed by atoms with van der Waals surface area (Å²) in [6.07, 6.45) is 5.98. The highest BCUT2D eigenvalue weighted by Crippen LogP contribution is 2.31. The van der Waals surface area contributed by atoms with E-state index < -0.39 is 0 Å².